The summed E-state index contributed by atoms with van der Waals surface area (Å²) in [5, 5.41) is 0. The van der Waals surface area contributed by atoms with Gasteiger partial charge in [0.05, 0.1) is 19.6 Å². The van der Waals surface area contributed by atoms with Crippen LogP contribution in [0.2, 0.25) is 0 Å². The van der Waals surface area contributed by atoms with Crippen LogP contribution in [0.15, 0.2) is 24.3 Å². The van der Waals surface area contributed by atoms with Crippen LogP contribution in [0.4, 0.5) is 4.39 Å². The molecule has 0 aromatic heterocycles. The number of carbonyl (C=O) groups is 3. The molecule has 134 valence electrons. The first kappa shape index (κ1) is 17.4. The molecular weight excluding hydrogens is 327 g/mol. The van der Waals surface area contributed by atoms with Crippen LogP contribution in [0.3, 0.4) is 0 Å². The van der Waals surface area contributed by atoms with Gasteiger partial charge in [-0.2, -0.15) is 0 Å². The smallest absolute Gasteiger partial charge is 0.311 e. The SMILES string of the molecule is COC(=O)[C@H]1CN(C(=O)CN2CCCC2=O)C[C@@H]1c1ccccc1F. The number of nitrogens with zero attached hydrogens (tertiary/aromatic N) is 2. The highest BCUT2D eigenvalue weighted by atomic mass is 19.1. The highest BCUT2D eigenvalue weighted by Gasteiger charge is 2.42. The zero-order chi connectivity index (χ0) is 18.0. The number of carbonyl (C=O) groups excluding carboxylic acids is 3. The number of likely N-dealkylation sites (tertiary alicyclic amines) is 2. The Morgan fingerprint density at radius 3 is 2.68 bits per heavy atom. The van der Waals surface area contributed by atoms with Crippen LogP contribution in [0.1, 0.15) is 24.3 Å². The lowest BCUT2D eigenvalue weighted by Gasteiger charge is -2.21. The standard InChI is InChI=1S/C18H21FN2O4/c1-25-18(24)14-10-21(17(23)11-20-8-4-7-16(20)22)9-13(14)12-5-2-3-6-15(12)19/h2-3,5-6,13-14H,4,7-11H2,1H3/t13-,14+/m1/s1. The second-order valence-corrected chi connectivity index (χ2v) is 6.48. The Bertz CT molecular complexity index is 693. The first-order chi connectivity index (χ1) is 12.0. The molecular formula is C18H21FN2O4. The predicted octanol–water partition coefficient (Wildman–Crippen LogP) is 1.16. The predicted molar refractivity (Wildman–Crippen MR) is 87.0 cm³/mol. The van der Waals surface area contributed by atoms with Gasteiger partial charge in [0.1, 0.15) is 5.82 Å². The van der Waals surface area contributed by atoms with E-state index in [1.165, 1.54) is 23.0 Å². The lowest BCUT2D eigenvalue weighted by atomic mass is 9.88. The van der Waals surface area contributed by atoms with E-state index in [0.717, 1.165) is 6.42 Å². The van der Waals surface area contributed by atoms with Gasteiger partial charge >= 0.3 is 5.97 Å². The fraction of sp³-hybridized carbons (Fsp3) is 0.500. The largest absolute Gasteiger partial charge is 0.469 e. The molecule has 0 spiro atoms. The minimum absolute atomic E-state index is 0.0106. The van der Waals surface area contributed by atoms with E-state index in [2.05, 4.69) is 0 Å². The molecule has 3 rings (SSSR count). The monoisotopic (exact) mass is 348 g/mol. The number of esters is 1. The van der Waals surface area contributed by atoms with Gasteiger partial charge in [0.25, 0.3) is 0 Å². The van der Waals surface area contributed by atoms with Gasteiger partial charge in [0.2, 0.25) is 11.8 Å². The second-order valence-electron chi connectivity index (χ2n) is 6.48. The zero-order valence-corrected chi connectivity index (χ0v) is 14.1. The summed E-state index contributed by atoms with van der Waals surface area (Å²) in [7, 11) is 1.29. The molecule has 0 unspecified atom stereocenters. The molecule has 2 heterocycles. The molecule has 0 N–H and O–H groups in total. The van der Waals surface area contributed by atoms with Crippen molar-refractivity contribution in [2.75, 3.05) is 33.3 Å². The number of halogens is 1. The van der Waals surface area contributed by atoms with E-state index >= 15 is 0 Å². The summed E-state index contributed by atoms with van der Waals surface area (Å²) in [6, 6.07) is 6.27. The van der Waals surface area contributed by atoms with Crippen molar-refractivity contribution in [3.8, 4) is 0 Å². The average Bonchev–Trinajstić information content (AvgIpc) is 3.21. The molecule has 0 bridgehead atoms. The minimum Gasteiger partial charge on any atom is -0.469 e. The van der Waals surface area contributed by atoms with Crippen molar-refractivity contribution in [2.45, 2.75) is 18.8 Å². The Morgan fingerprint density at radius 2 is 2.04 bits per heavy atom. The highest BCUT2D eigenvalue weighted by Crippen LogP contribution is 2.35. The summed E-state index contributed by atoms with van der Waals surface area (Å²) in [4.78, 5) is 39.4. The van der Waals surface area contributed by atoms with Gasteiger partial charge in [-0.3, -0.25) is 14.4 Å². The van der Waals surface area contributed by atoms with Gasteiger partial charge in [0.15, 0.2) is 0 Å². The van der Waals surface area contributed by atoms with Crippen LogP contribution in [0.5, 0.6) is 0 Å². The van der Waals surface area contributed by atoms with Crippen LogP contribution in [0.25, 0.3) is 0 Å². The number of benzene rings is 1. The summed E-state index contributed by atoms with van der Waals surface area (Å²) in [6.07, 6.45) is 1.23. The number of hydrogen-bond acceptors (Lipinski definition) is 4. The van der Waals surface area contributed by atoms with Crippen molar-refractivity contribution >= 4 is 17.8 Å². The van der Waals surface area contributed by atoms with Gasteiger partial charge in [0, 0.05) is 32.0 Å². The van der Waals surface area contributed by atoms with E-state index in [4.69, 9.17) is 4.74 Å². The highest BCUT2D eigenvalue weighted by molar-refractivity contribution is 5.87. The molecule has 6 nitrogen and oxygen atoms in total. The van der Waals surface area contributed by atoms with Gasteiger partial charge < -0.3 is 14.5 Å². The van der Waals surface area contributed by atoms with Crippen molar-refractivity contribution in [1.29, 1.82) is 0 Å². The quantitative estimate of drug-likeness (QED) is 0.766. The van der Waals surface area contributed by atoms with Crippen LogP contribution in [-0.2, 0) is 19.1 Å². The van der Waals surface area contributed by atoms with Crippen molar-refractivity contribution in [3.05, 3.63) is 35.6 Å². The van der Waals surface area contributed by atoms with E-state index in [0.29, 0.717) is 18.5 Å². The molecule has 7 heteroatoms. The van der Waals surface area contributed by atoms with E-state index in [1.807, 2.05) is 0 Å². The molecule has 2 fully saturated rings. The lowest BCUT2D eigenvalue weighted by Crippen LogP contribution is -2.40. The second kappa shape index (κ2) is 7.21. The lowest BCUT2D eigenvalue weighted by molar-refractivity contribution is -0.145. The third kappa shape index (κ3) is 3.50. The van der Waals surface area contributed by atoms with E-state index in [9.17, 15) is 18.8 Å². The Morgan fingerprint density at radius 1 is 1.28 bits per heavy atom. The molecule has 2 atom stereocenters. The van der Waals surface area contributed by atoms with E-state index < -0.39 is 23.6 Å². The molecule has 25 heavy (non-hydrogen) atoms. The molecule has 2 amide bonds. The molecule has 1 aromatic carbocycles. The fourth-order valence-electron chi connectivity index (χ4n) is 3.62. The number of hydrogen-bond donors (Lipinski definition) is 0. The molecule has 0 radical (unpaired) electrons. The average molecular weight is 348 g/mol. The number of amides is 2. The number of ether oxygens (including phenoxy) is 1. The summed E-state index contributed by atoms with van der Waals surface area (Å²) >= 11 is 0. The third-order valence-corrected chi connectivity index (χ3v) is 4.98. The maximum Gasteiger partial charge on any atom is 0.311 e. The van der Waals surface area contributed by atoms with Gasteiger partial charge in [-0.15, -0.1) is 0 Å². The number of methoxy groups -OCH3 is 1. The fourth-order valence-corrected chi connectivity index (χ4v) is 3.62. The van der Waals surface area contributed by atoms with Crippen LogP contribution < -0.4 is 0 Å². The first-order valence-corrected chi connectivity index (χ1v) is 8.39. The minimum atomic E-state index is -0.611. The topological polar surface area (TPSA) is 66.9 Å². The summed E-state index contributed by atoms with van der Waals surface area (Å²) in [5.41, 5.74) is 0.408. The number of rotatable bonds is 4. The maximum absolute atomic E-state index is 14.2. The van der Waals surface area contributed by atoms with Crippen molar-refractivity contribution < 1.29 is 23.5 Å². The molecule has 0 saturated carbocycles. The van der Waals surface area contributed by atoms with Crippen LogP contribution in [-0.4, -0.2) is 60.9 Å². The summed E-state index contributed by atoms with van der Waals surface area (Å²) in [6.45, 7) is 1.00. The first-order valence-electron chi connectivity index (χ1n) is 8.39. The van der Waals surface area contributed by atoms with Crippen molar-refractivity contribution in [3.63, 3.8) is 0 Å². The molecule has 2 saturated heterocycles. The third-order valence-electron chi connectivity index (χ3n) is 4.98. The molecule has 2 aliphatic heterocycles. The van der Waals surface area contributed by atoms with E-state index in [1.54, 1.807) is 18.2 Å². The van der Waals surface area contributed by atoms with Crippen LogP contribution >= 0.6 is 0 Å². The molecule has 1 aromatic rings. The Labute approximate surface area is 145 Å². The summed E-state index contributed by atoms with van der Waals surface area (Å²) in [5.74, 6) is -2.16. The Kier molecular flexibility index (Phi) is 5.01. The zero-order valence-electron chi connectivity index (χ0n) is 14.1. The van der Waals surface area contributed by atoms with Gasteiger partial charge in [-0.25, -0.2) is 4.39 Å². The molecule has 0 aliphatic carbocycles. The van der Waals surface area contributed by atoms with E-state index in [-0.39, 0.29) is 31.4 Å². The van der Waals surface area contributed by atoms with Gasteiger partial charge in [-0.05, 0) is 18.1 Å². The van der Waals surface area contributed by atoms with Crippen molar-refractivity contribution in [1.82, 2.24) is 9.80 Å². The summed E-state index contributed by atoms with van der Waals surface area (Å²) < 4.78 is 19.0. The maximum atomic E-state index is 14.2. The molecule has 2 aliphatic rings. The Balaban J connectivity index is 1.77. The normalized spacial score (nSPS) is 23.2. The van der Waals surface area contributed by atoms with Gasteiger partial charge in [-0.1, -0.05) is 18.2 Å². The Hall–Kier alpha value is -2.44. The van der Waals surface area contributed by atoms with Crippen molar-refractivity contribution in [2.24, 2.45) is 5.92 Å². The van der Waals surface area contributed by atoms with Crippen LogP contribution in [0, 0.1) is 11.7 Å².